The van der Waals surface area contributed by atoms with E-state index in [1.807, 2.05) is 0 Å². The Bertz CT molecular complexity index is 1020. The van der Waals surface area contributed by atoms with Crippen molar-refractivity contribution in [1.82, 2.24) is 4.90 Å². The zero-order valence-corrected chi connectivity index (χ0v) is 19.0. The minimum atomic E-state index is -0.577. The minimum absolute atomic E-state index is 0.00706. The number of carbonyl (C=O) groups excluding carboxylic acids is 2. The van der Waals surface area contributed by atoms with E-state index in [9.17, 15) is 9.59 Å². The van der Waals surface area contributed by atoms with Gasteiger partial charge in [-0.25, -0.2) is 4.99 Å². The van der Waals surface area contributed by atoms with Gasteiger partial charge in [0.05, 0.1) is 27.0 Å². The average Bonchev–Trinajstić information content (AvgIpc) is 3.08. The molecular weight excluding hydrogens is 430 g/mol. The van der Waals surface area contributed by atoms with Crippen LogP contribution in [-0.2, 0) is 9.59 Å². The quantitative estimate of drug-likeness (QED) is 0.578. The van der Waals surface area contributed by atoms with Crippen molar-refractivity contribution in [3.05, 3.63) is 55.1 Å². The molecule has 3 rings (SSSR count). The fourth-order valence-corrected chi connectivity index (χ4v) is 4.25. The van der Waals surface area contributed by atoms with Crippen molar-refractivity contribution >= 4 is 40.1 Å². The van der Waals surface area contributed by atoms with E-state index in [0.717, 1.165) is 5.75 Å². The van der Waals surface area contributed by atoms with Gasteiger partial charge in [-0.3, -0.25) is 14.5 Å². The third-order valence-electron chi connectivity index (χ3n) is 4.67. The van der Waals surface area contributed by atoms with Gasteiger partial charge >= 0.3 is 0 Å². The minimum Gasteiger partial charge on any atom is -0.497 e. The van der Waals surface area contributed by atoms with Gasteiger partial charge in [-0.1, -0.05) is 17.8 Å². The smallest absolute Gasteiger partial charge is 0.242 e. The van der Waals surface area contributed by atoms with Crippen LogP contribution in [0.5, 0.6) is 17.2 Å². The molecule has 2 amide bonds. The summed E-state index contributed by atoms with van der Waals surface area (Å²) in [5.74, 6) is 1.32. The van der Waals surface area contributed by atoms with E-state index in [0.29, 0.717) is 34.6 Å². The van der Waals surface area contributed by atoms with Gasteiger partial charge in [0.2, 0.25) is 11.8 Å². The number of methoxy groups -OCH3 is 3. The largest absolute Gasteiger partial charge is 0.497 e. The number of amides is 2. The van der Waals surface area contributed by atoms with Gasteiger partial charge in [0.25, 0.3) is 0 Å². The first kappa shape index (κ1) is 23.2. The van der Waals surface area contributed by atoms with Crippen LogP contribution in [0.15, 0.2) is 60.1 Å². The number of aliphatic imine (C=N–C) groups is 1. The van der Waals surface area contributed by atoms with Gasteiger partial charge in [-0.2, -0.15) is 0 Å². The van der Waals surface area contributed by atoms with Gasteiger partial charge in [0, 0.05) is 24.7 Å². The lowest BCUT2D eigenvalue weighted by atomic mass is 10.2. The lowest BCUT2D eigenvalue weighted by Crippen LogP contribution is -2.33. The van der Waals surface area contributed by atoms with Gasteiger partial charge in [-0.15, -0.1) is 6.58 Å². The molecule has 1 N–H and O–H groups in total. The number of nitrogens with zero attached hydrogens (tertiary/aromatic N) is 2. The predicted molar refractivity (Wildman–Crippen MR) is 126 cm³/mol. The molecule has 1 aliphatic heterocycles. The first-order chi connectivity index (χ1) is 15.5. The highest BCUT2D eigenvalue weighted by atomic mass is 32.2. The molecule has 0 aliphatic carbocycles. The molecule has 1 heterocycles. The van der Waals surface area contributed by atoms with Gasteiger partial charge < -0.3 is 19.5 Å². The maximum Gasteiger partial charge on any atom is 0.242 e. The zero-order chi connectivity index (χ0) is 23.1. The Morgan fingerprint density at radius 1 is 1.12 bits per heavy atom. The first-order valence-electron chi connectivity index (χ1n) is 9.82. The fraction of sp³-hybridized carbons (Fsp3) is 0.261. The lowest BCUT2D eigenvalue weighted by Gasteiger charge is -2.14. The Labute approximate surface area is 191 Å². The third-order valence-corrected chi connectivity index (χ3v) is 5.84. The number of hydrogen-bond acceptors (Lipinski definition) is 7. The number of amidine groups is 1. The highest BCUT2D eigenvalue weighted by molar-refractivity contribution is 8.15. The second-order valence-corrected chi connectivity index (χ2v) is 7.93. The molecule has 2 aromatic rings. The molecule has 9 heteroatoms. The Hall–Kier alpha value is -3.46. The second kappa shape index (κ2) is 10.7. The summed E-state index contributed by atoms with van der Waals surface area (Å²) in [5.41, 5.74) is 1.24. The topological polar surface area (TPSA) is 89.5 Å². The summed E-state index contributed by atoms with van der Waals surface area (Å²) in [7, 11) is 4.66. The van der Waals surface area contributed by atoms with Crippen LogP contribution in [-0.4, -0.2) is 55.0 Å². The number of thioether (sulfide) groups is 1. The summed E-state index contributed by atoms with van der Waals surface area (Å²) in [6.07, 6.45) is 1.64. The number of anilines is 1. The monoisotopic (exact) mass is 455 g/mol. The average molecular weight is 456 g/mol. The van der Waals surface area contributed by atoms with Crippen LogP contribution in [0.25, 0.3) is 0 Å². The number of ether oxygens (including phenoxy) is 3. The summed E-state index contributed by atoms with van der Waals surface area (Å²) < 4.78 is 15.6. The SMILES string of the molecule is C=CCN1C(=O)C(CC(=O)Nc2ccc(OC)c(OC)c2)SC1=Nc1ccc(OC)cc1. The van der Waals surface area contributed by atoms with Crippen molar-refractivity contribution in [2.45, 2.75) is 11.7 Å². The lowest BCUT2D eigenvalue weighted by molar-refractivity contribution is -0.127. The number of hydrogen-bond donors (Lipinski definition) is 1. The molecule has 1 unspecified atom stereocenters. The summed E-state index contributed by atoms with van der Waals surface area (Å²) in [6, 6.07) is 12.3. The van der Waals surface area contributed by atoms with Crippen LogP contribution in [0.4, 0.5) is 11.4 Å². The Balaban J connectivity index is 1.72. The van der Waals surface area contributed by atoms with E-state index in [4.69, 9.17) is 14.2 Å². The predicted octanol–water partition coefficient (Wildman–Crippen LogP) is 3.86. The normalized spacial score (nSPS) is 16.7. The second-order valence-electron chi connectivity index (χ2n) is 6.76. The molecule has 32 heavy (non-hydrogen) atoms. The van der Waals surface area contributed by atoms with Crippen LogP contribution < -0.4 is 19.5 Å². The Morgan fingerprint density at radius 2 is 1.84 bits per heavy atom. The molecule has 2 aromatic carbocycles. The molecule has 1 fully saturated rings. The van der Waals surface area contributed by atoms with Crippen molar-refractivity contribution < 1.29 is 23.8 Å². The summed E-state index contributed by atoms with van der Waals surface area (Å²) in [5, 5.41) is 2.76. The van der Waals surface area contributed by atoms with Crippen LogP contribution in [0.3, 0.4) is 0 Å². The van der Waals surface area contributed by atoms with Crippen LogP contribution in [0.1, 0.15) is 6.42 Å². The van der Waals surface area contributed by atoms with E-state index in [2.05, 4.69) is 16.9 Å². The highest BCUT2D eigenvalue weighted by Gasteiger charge is 2.38. The summed E-state index contributed by atoms with van der Waals surface area (Å²) in [4.78, 5) is 31.7. The zero-order valence-electron chi connectivity index (χ0n) is 18.2. The van der Waals surface area contributed by atoms with Crippen LogP contribution in [0, 0.1) is 0 Å². The molecule has 8 nitrogen and oxygen atoms in total. The van der Waals surface area contributed by atoms with Crippen molar-refractivity contribution in [3.8, 4) is 17.2 Å². The van der Waals surface area contributed by atoms with E-state index in [1.54, 1.807) is 62.8 Å². The van der Waals surface area contributed by atoms with Crippen LogP contribution >= 0.6 is 11.8 Å². The third kappa shape index (κ3) is 5.42. The molecule has 1 atom stereocenters. The highest BCUT2D eigenvalue weighted by Crippen LogP contribution is 2.33. The molecule has 0 saturated carbocycles. The Morgan fingerprint density at radius 3 is 2.47 bits per heavy atom. The van der Waals surface area contributed by atoms with E-state index in [-0.39, 0.29) is 18.2 Å². The molecule has 168 valence electrons. The molecule has 0 spiro atoms. The molecule has 1 aliphatic rings. The van der Waals surface area contributed by atoms with Gasteiger partial charge in [0.15, 0.2) is 16.7 Å². The molecule has 0 bridgehead atoms. The number of carbonyl (C=O) groups is 2. The number of nitrogens with one attached hydrogen (secondary N) is 1. The first-order valence-corrected chi connectivity index (χ1v) is 10.7. The maximum atomic E-state index is 12.9. The van der Waals surface area contributed by atoms with E-state index in [1.165, 1.54) is 23.8 Å². The standard InChI is InChI=1S/C23H25N3O5S/c1-5-12-26-22(28)20(32-23(26)25-15-6-9-17(29-2)10-7-15)14-21(27)24-16-8-11-18(30-3)19(13-16)31-4/h5-11,13,20H,1,12,14H2,2-4H3,(H,24,27). The fourth-order valence-electron chi connectivity index (χ4n) is 3.08. The maximum absolute atomic E-state index is 12.9. The summed E-state index contributed by atoms with van der Waals surface area (Å²) in [6.45, 7) is 4.03. The van der Waals surface area contributed by atoms with Crippen molar-refractivity contribution in [1.29, 1.82) is 0 Å². The van der Waals surface area contributed by atoms with E-state index < -0.39 is 5.25 Å². The van der Waals surface area contributed by atoms with Crippen LogP contribution in [0.2, 0.25) is 0 Å². The Kier molecular flexibility index (Phi) is 7.77. The molecule has 0 radical (unpaired) electrons. The van der Waals surface area contributed by atoms with Gasteiger partial charge in [0.1, 0.15) is 11.0 Å². The number of benzene rings is 2. The van der Waals surface area contributed by atoms with Crippen molar-refractivity contribution in [2.75, 3.05) is 33.2 Å². The molecular formula is C23H25N3O5S. The van der Waals surface area contributed by atoms with Crippen molar-refractivity contribution in [2.24, 2.45) is 4.99 Å². The van der Waals surface area contributed by atoms with Crippen molar-refractivity contribution in [3.63, 3.8) is 0 Å². The number of rotatable bonds is 9. The molecule has 0 aromatic heterocycles. The van der Waals surface area contributed by atoms with Gasteiger partial charge in [-0.05, 0) is 36.4 Å². The van der Waals surface area contributed by atoms with E-state index >= 15 is 0 Å². The summed E-state index contributed by atoms with van der Waals surface area (Å²) >= 11 is 1.27. The molecule has 1 saturated heterocycles.